The lowest BCUT2D eigenvalue weighted by molar-refractivity contribution is -0.115. The zero-order valence-electron chi connectivity index (χ0n) is 12.0. The summed E-state index contributed by atoms with van der Waals surface area (Å²) in [5, 5.41) is 5.83. The predicted molar refractivity (Wildman–Crippen MR) is 78.1 cm³/mol. The first-order chi connectivity index (χ1) is 9.56. The Labute approximate surface area is 119 Å². The summed E-state index contributed by atoms with van der Waals surface area (Å²) < 4.78 is 13.4. The molecule has 20 heavy (non-hydrogen) atoms. The van der Waals surface area contributed by atoms with Crippen LogP contribution < -0.4 is 10.6 Å². The van der Waals surface area contributed by atoms with Gasteiger partial charge in [-0.2, -0.15) is 0 Å². The summed E-state index contributed by atoms with van der Waals surface area (Å²) in [7, 11) is 2.12. The van der Waals surface area contributed by atoms with E-state index in [2.05, 4.69) is 29.5 Å². The lowest BCUT2D eigenvalue weighted by Gasteiger charge is -2.35. The molecule has 1 heterocycles. The second-order valence-corrected chi connectivity index (χ2v) is 5.46. The molecule has 1 aromatic rings. The van der Waals surface area contributed by atoms with Crippen molar-refractivity contribution in [1.82, 2.24) is 10.2 Å². The van der Waals surface area contributed by atoms with Gasteiger partial charge in [0, 0.05) is 12.1 Å². The maximum absolute atomic E-state index is 13.4. The highest BCUT2D eigenvalue weighted by atomic mass is 19.1. The van der Waals surface area contributed by atoms with Crippen LogP contribution in [-0.2, 0) is 4.79 Å². The number of hydrogen-bond acceptors (Lipinski definition) is 3. The number of amides is 1. The van der Waals surface area contributed by atoms with Gasteiger partial charge in [0.1, 0.15) is 5.82 Å². The molecular formula is C15H22FN3O. The molecule has 1 amide bonds. The maximum atomic E-state index is 13.4. The van der Waals surface area contributed by atoms with E-state index in [1.165, 1.54) is 6.07 Å². The number of anilines is 1. The van der Waals surface area contributed by atoms with Gasteiger partial charge in [-0.05, 0) is 45.5 Å². The summed E-state index contributed by atoms with van der Waals surface area (Å²) in [6.07, 6.45) is 2.07. The van der Waals surface area contributed by atoms with Gasteiger partial charge in [0.2, 0.25) is 5.91 Å². The van der Waals surface area contributed by atoms with Crippen molar-refractivity contribution in [3.8, 4) is 0 Å². The first-order valence-corrected chi connectivity index (χ1v) is 7.04. The van der Waals surface area contributed by atoms with Crippen LogP contribution in [0.15, 0.2) is 24.3 Å². The van der Waals surface area contributed by atoms with Gasteiger partial charge in [-0.1, -0.05) is 12.1 Å². The summed E-state index contributed by atoms with van der Waals surface area (Å²) in [5.41, 5.74) is 0.232. The maximum Gasteiger partial charge on any atom is 0.238 e. The number of likely N-dealkylation sites (tertiary alicyclic amines) is 1. The van der Waals surface area contributed by atoms with Crippen LogP contribution in [-0.4, -0.2) is 43.0 Å². The van der Waals surface area contributed by atoms with Crippen LogP contribution >= 0.6 is 0 Å². The van der Waals surface area contributed by atoms with Gasteiger partial charge in [0.05, 0.1) is 12.2 Å². The molecule has 0 saturated carbocycles. The van der Waals surface area contributed by atoms with E-state index in [-0.39, 0.29) is 18.1 Å². The molecule has 0 aromatic heterocycles. The molecule has 0 aliphatic carbocycles. The van der Waals surface area contributed by atoms with Crippen LogP contribution in [0.5, 0.6) is 0 Å². The van der Waals surface area contributed by atoms with E-state index in [9.17, 15) is 9.18 Å². The highest BCUT2D eigenvalue weighted by Gasteiger charge is 2.22. The molecule has 2 unspecified atom stereocenters. The lowest BCUT2D eigenvalue weighted by Crippen LogP contribution is -2.47. The Kier molecular flexibility index (Phi) is 5.09. The number of carbonyl (C=O) groups excluding carboxylic acids is 1. The number of piperidine rings is 1. The number of carbonyl (C=O) groups is 1. The Morgan fingerprint density at radius 1 is 1.45 bits per heavy atom. The Morgan fingerprint density at radius 3 is 2.90 bits per heavy atom. The van der Waals surface area contributed by atoms with Crippen molar-refractivity contribution in [2.24, 2.45) is 0 Å². The summed E-state index contributed by atoms with van der Waals surface area (Å²) in [4.78, 5) is 14.1. The molecule has 1 aliphatic rings. The van der Waals surface area contributed by atoms with Crippen LogP contribution in [0.4, 0.5) is 10.1 Å². The zero-order valence-corrected chi connectivity index (χ0v) is 12.0. The largest absolute Gasteiger partial charge is 0.322 e. The fraction of sp³-hybridized carbons (Fsp3) is 0.533. The average Bonchev–Trinajstić information content (AvgIpc) is 2.43. The third-order valence-corrected chi connectivity index (χ3v) is 3.91. The van der Waals surface area contributed by atoms with E-state index in [0.717, 1.165) is 19.4 Å². The summed E-state index contributed by atoms with van der Waals surface area (Å²) in [6, 6.07) is 7.07. The van der Waals surface area contributed by atoms with Crippen molar-refractivity contribution in [3.05, 3.63) is 30.1 Å². The van der Waals surface area contributed by atoms with E-state index < -0.39 is 5.82 Å². The van der Waals surface area contributed by atoms with E-state index in [0.29, 0.717) is 12.1 Å². The molecule has 0 radical (unpaired) electrons. The minimum atomic E-state index is -0.409. The smallest absolute Gasteiger partial charge is 0.238 e. The van der Waals surface area contributed by atoms with Crippen LogP contribution in [0.1, 0.15) is 19.8 Å². The molecule has 0 spiro atoms. The van der Waals surface area contributed by atoms with Gasteiger partial charge >= 0.3 is 0 Å². The van der Waals surface area contributed by atoms with Gasteiger partial charge in [-0.3, -0.25) is 4.79 Å². The lowest BCUT2D eigenvalue weighted by atomic mass is 9.99. The molecule has 1 aliphatic heterocycles. The Balaban J connectivity index is 1.77. The molecule has 110 valence electrons. The fourth-order valence-corrected chi connectivity index (χ4v) is 2.47. The first-order valence-electron chi connectivity index (χ1n) is 7.04. The number of para-hydroxylation sites is 1. The fourth-order valence-electron chi connectivity index (χ4n) is 2.47. The molecule has 1 aromatic carbocycles. The van der Waals surface area contributed by atoms with Crippen LogP contribution in [0.2, 0.25) is 0 Å². The second kappa shape index (κ2) is 6.81. The van der Waals surface area contributed by atoms with E-state index in [4.69, 9.17) is 0 Å². The molecule has 0 bridgehead atoms. The Morgan fingerprint density at radius 2 is 2.20 bits per heavy atom. The van der Waals surface area contributed by atoms with Gasteiger partial charge < -0.3 is 15.5 Å². The van der Waals surface area contributed by atoms with Crippen molar-refractivity contribution in [2.45, 2.75) is 31.8 Å². The van der Waals surface area contributed by atoms with E-state index >= 15 is 0 Å². The van der Waals surface area contributed by atoms with Gasteiger partial charge in [-0.25, -0.2) is 4.39 Å². The number of halogens is 1. The molecular weight excluding hydrogens is 257 g/mol. The highest BCUT2D eigenvalue weighted by molar-refractivity contribution is 5.92. The van der Waals surface area contributed by atoms with Crippen molar-refractivity contribution >= 4 is 11.6 Å². The van der Waals surface area contributed by atoms with Gasteiger partial charge in [0.15, 0.2) is 0 Å². The summed E-state index contributed by atoms with van der Waals surface area (Å²) >= 11 is 0. The van der Waals surface area contributed by atoms with Crippen LogP contribution in [0, 0.1) is 5.82 Å². The topological polar surface area (TPSA) is 44.4 Å². The SMILES string of the molecule is CC1CC(NCC(=O)Nc2ccccc2F)CCN1C. The molecule has 2 N–H and O–H groups in total. The van der Waals surface area contributed by atoms with Crippen LogP contribution in [0.3, 0.4) is 0 Å². The first kappa shape index (κ1) is 14.9. The minimum Gasteiger partial charge on any atom is -0.322 e. The van der Waals surface area contributed by atoms with Gasteiger partial charge in [0.25, 0.3) is 0 Å². The molecule has 1 saturated heterocycles. The van der Waals surface area contributed by atoms with E-state index in [1.807, 2.05) is 0 Å². The monoisotopic (exact) mass is 279 g/mol. The van der Waals surface area contributed by atoms with E-state index in [1.54, 1.807) is 18.2 Å². The number of hydrogen-bond donors (Lipinski definition) is 2. The predicted octanol–water partition coefficient (Wildman–Crippen LogP) is 1.84. The minimum absolute atomic E-state index is 0.207. The third kappa shape index (κ3) is 4.02. The quantitative estimate of drug-likeness (QED) is 0.884. The number of nitrogens with zero attached hydrogens (tertiary/aromatic N) is 1. The van der Waals surface area contributed by atoms with Crippen molar-refractivity contribution in [2.75, 3.05) is 25.5 Å². The Hall–Kier alpha value is -1.46. The summed E-state index contributed by atoms with van der Waals surface area (Å²) in [5.74, 6) is -0.615. The van der Waals surface area contributed by atoms with Crippen molar-refractivity contribution < 1.29 is 9.18 Å². The number of nitrogens with one attached hydrogen (secondary N) is 2. The standard InChI is InChI=1S/C15H22FN3O/c1-11-9-12(7-8-19(11)2)17-10-15(20)18-14-6-4-3-5-13(14)16/h3-6,11-12,17H,7-10H2,1-2H3,(H,18,20). The highest BCUT2D eigenvalue weighted by Crippen LogP contribution is 2.15. The molecule has 5 heteroatoms. The second-order valence-electron chi connectivity index (χ2n) is 5.46. The summed E-state index contributed by atoms with van der Waals surface area (Å²) in [6.45, 7) is 3.44. The molecule has 4 nitrogen and oxygen atoms in total. The zero-order chi connectivity index (χ0) is 14.5. The number of benzene rings is 1. The van der Waals surface area contributed by atoms with Gasteiger partial charge in [-0.15, -0.1) is 0 Å². The normalized spacial score (nSPS) is 23.6. The Bertz CT molecular complexity index is 466. The van der Waals surface area contributed by atoms with Crippen molar-refractivity contribution in [1.29, 1.82) is 0 Å². The van der Waals surface area contributed by atoms with Crippen LogP contribution in [0.25, 0.3) is 0 Å². The molecule has 2 rings (SSSR count). The molecule has 1 fully saturated rings. The van der Waals surface area contributed by atoms with Crippen molar-refractivity contribution in [3.63, 3.8) is 0 Å². The number of rotatable bonds is 4. The third-order valence-electron chi connectivity index (χ3n) is 3.91. The average molecular weight is 279 g/mol. The molecule has 2 atom stereocenters.